The van der Waals surface area contributed by atoms with Crippen molar-refractivity contribution in [1.29, 1.82) is 0 Å². The monoisotopic (exact) mass is 327 g/mol. The molecule has 1 fully saturated rings. The molecule has 23 heavy (non-hydrogen) atoms. The zero-order valence-corrected chi connectivity index (χ0v) is 14.7. The summed E-state index contributed by atoms with van der Waals surface area (Å²) in [5, 5.41) is 8.76. The van der Waals surface area contributed by atoms with E-state index in [1.807, 2.05) is 6.92 Å². The lowest BCUT2D eigenvalue weighted by molar-refractivity contribution is -0.124. The number of aliphatic imine (C=N–C) groups is 1. The molecular formula is C15H29N5O3. The number of nitrogens with one attached hydrogen (secondary N) is 3. The number of carbonyl (C=O) groups excluding carboxylic acids is 2. The molecule has 1 atom stereocenters. The highest BCUT2D eigenvalue weighted by Crippen LogP contribution is 2.21. The topological polar surface area (TPSA) is 95.1 Å². The third kappa shape index (κ3) is 6.05. The highest BCUT2D eigenvalue weighted by Gasteiger charge is 2.27. The number of imide groups is 1. The largest absolute Gasteiger partial charge is 0.379 e. The zero-order chi connectivity index (χ0) is 17.5. The fraction of sp³-hybridized carbons (Fsp3) is 0.800. The number of rotatable bonds is 7. The second-order valence-corrected chi connectivity index (χ2v) is 6.44. The van der Waals surface area contributed by atoms with Crippen LogP contribution in [-0.4, -0.2) is 68.7 Å². The molecule has 0 saturated carbocycles. The Morgan fingerprint density at radius 3 is 2.57 bits per heavy atom. The maximum atomic E-state index is 11.5. The first-order valence-corrected chi connectivity index (χ1v) is 7.92. The van der Waals surface area contributed by atoms with Crippen LogP contribution in [0.15, 0.2) is 4.99 Å². The number of methoxy groups -OCH3 is 1. The van der Waals surface area contributed by atoms with Crippen molar-refractivity contribution in [2.45, 2.75) is 33.8 Å². The molecule has 0 radical (unpaired) electrons. The van der Waals surface area contributed by atoms with Gasteiger partial charge < -0.3 is 20.7 Å². The SMILES string of the molecule is CCNC(=NCC(OC)C(C)(C)C)NCCN1C(=O)CNC1=O. The van der Waals surface area contributed by atoms with Crippen LogP contribution in [0.4, 0.5) is 4.79 Å². The molecule has 0 aliphatic carbocycles. The Morgan fingerprint density at radius 1 is 1.39 bits per heavy atom. The van der Waals surface area contributed by atoms with Crippen LogP contribution in [-0.2, 0) is 9.53 Å². The number of hydrogen-bond donors (Lipinski definition) is 3. The molecule has 0 bridgehead atoms. The molecule has 0 aromatic heterocycles. The summed E-state index contributed by atoms with van der Waals surface area (Å²) in [4.78, 5) is 28.7. The van der Waals surface area contributed by atoms with Gasteiger partial charge in [0.25, 0.3) is 0 Å². The minimum Gasteiger partial charge on any atom is -0.379 e. The van der Waals surface area contributed by atoms with E-state index in [1.54, 1.807) is 7.11 Å². The molecule has 1 aliphatic heterocycles. The van der Waals surface area contributed by atoms with Gasteiger partial charge in [0.15, 0.2) is 5.96 Å². The van der Waals surface area contributed by atoms with Crippen LogP contribution in [0.5, 0.6) is 0 Å². The fourth-order valence-corrected chi connectivity index (χ4v) is 2.19. The molecule has 3 amide bonds. The summed E-state index contributed by atoms with van der Waals surface area (Å²) < 4.78 is 5.49. The van der Waals surface area contributed by atoms with Gasteiger partial charge in [-0.05, 0) is 12.3 Å². The maximum absolute atomic E-state index is 11.5. The van der Waals surface area contributed by atoms with Crippen molar-refractivity contribution < 1.29 is 14.3 Å². The fourth-order valence-electron chi connectivity index (χ4n) is 2.19. The van der Waals surface area contributed by atoms with E-state index in [0.717, 1.165) is 6.54 Å². The van der Waals surface area contributed by atoms with Crippen molar-refractivity contribution in [1.82, 2.24) is 20.9 Å². The highest BCUT2D eigenvalue weighted by atomic mass is 16.5. The normalized spacial score (nSPS) is 17.3. The Hall–Kier alpha value is -1.83. The molecule has 1 saturated heterocycles. The molecule has 1 rings (SSSR count). The van der Waals surface area contributed by atoms with Crippen LogP contribution in [0.3, 0.4) is 0 Å². The Labute approximate surface area is 138 Å². The molecule has 0 aromatic rings. The van der Waals surface area contributed by atoms with E-state index in [-0.39, 0.29) is 30.0 Å². The number of hydrogen-bond acceptors (Lipinski definition) is 4. The summed E-state index contributed by atoms with van der Waals surface area (Å²) in [6.45, 7) is 10.4. The first-order valence-electron chi connectivity index (χ1n) is 7.92. The minimum absolute atomic E-state index is 0.00361. The molecule has 8 heteroatoms. The molecule has 8 nitrogen and oxygen atoms in total. The van der Waals surface area contributed by atoms with Gasteiger partial charge in [-0.1, -0.05) is 20.8 Å². The van der Waals surface area contributed by atoms with Gasteiger partial charge in [-0.3, -0.25) is 14.7 Å². The van der Waals surface area contributed by atoms with E-state index >= 15 is 0 Å². The quantitative estimate of drug-likeness (QED) is 0.352. The average Bonchev–Trinajstić information content (AvgIpc) is 2.78. The van der Waals surface area contributed by atoms with Crippen molar-refractivity contribution in [2.75, 3.05) is 39.8 Å². The van der Waals surface area contributed by atoms with Crippen LogP contribution >= 0.6 is 0 Å². The minimum atomic E-state index is -0.342. The van der Waals surface area contributed by atoms with Crippen molar-refractivity contribution >= 4 is 17.9 Å². The second kappa shape index (κ2) is 8.71. The molecule has 0 spiro atoms. The lowest BCUT2D eigenvalue weighted by atomic mass is 9.89. The Bertz CT molecular complexity index is 429. The third-order valence-electron chi connectivity index (χ3n) is 3.57. The van der Waals surface area contributed by atoms with Crippen LogP contribution in [0.2, 0.25) is 0 Å². The van der Waals surface area contributed by atoms with Gasteiger partial charge in [-0.25, -0.2) is 4.79 Å². The van der Waals surface area contributed by atoms with Crippen LogP contribution in [0, 0.1) is 5.41 Å². The lowest BCUT2D eigenvalue weighted by Gasteiger charge is -2.28. The van der Waals surface area contributed by atoms with Crippen molar-refractivity contribution in [3.8, 4) is 0 Å². The van der Waals surface area contributed by atoms with Gasteiger partial charge in [0.2, 0.25) is 5.91 Å². The van der Waals surface area contributed by atoms with Gasteiger partial charge in [-0.15, -0.1) is 0 Å². The van der Waals surface area contributed by atoms with E-state index in [2.05, 4.69) is 41.7 Å². The predicted molar refractivity (Wildman–Crippen MR) is 89.3 cm³/mol. The summed E-state index contributed by atoms with van der Waals surface area (Å²) in [7, 11) is 1.68. The van der Waals surface area contributed by atoms with Crippen molar-refractivity contribution in [2.24, 2.45) is 10.4 Å². The van der Waals surface area contributed by atoms with Gasteiger partial charge in [0.05, 0.1) is 19.2 Å². The smallest absolute Gasteiger partial charge is 0.324 e. The molecule has 3 N–H and O–H groups in total. The maximum Gasteiger partial charge on any atom is 0.324 e. The Kier molecular flexibility index (Phi) is 7.28. The first kappa shape index (κ1) is 19.2. The second-order valence-electron chi connectivity index (χ2n) is 6.44. The van der Waals surface area contributed by atoms with Crippen LogP contribution < -0.4 is 16.0 Å². The summed E-state index contributed by atoms with van der Waals surface area (Å²) in [5.41, 5.74) is -0.00433. The highest BCUT2D eigenvalue weighted by molar-refractivity contribution is 6.01. The lowest BCUT2D eigenvalue weighted by Crippen LogP contribution is -2.44. The van der Waals surface area contributed by atoms with E-state index in [1.165, 1.54) is 4.90 Å². The average molecular weight is 327 g/mol. The number of guanidine groups is 1. The number of carbonyl (C=O) groups is 2. The van der Waals surface area contributed by atoms with E-state index in [4.69, 9.17) is 4.74 Å². The summed E-state index contributed by atoms with van der Waals surface area (Å²) >= 11 is 0. The first-order chi connectivity index (χ1) is 10.8. The van der Waals surface area contributed by atoms with Gasteiger partial charge >= 0.3 is 6.03 Å². The molecule has 1 unspecified atom stereocenters. The number of nitrogens with zero attached hydrogens (tertiary/aromatic N) is 2. The van der Waals surface area contributed by atoms with E-state index in [0.29, 0.717) is 25.6 Å². The number of amides is 3. The standard InChI is InChI=1S/C15H29N5O3/c1-6-16-13(18-9-11(23-5)15(2,3)4)17-7-8-20-12(21)10-19-14(20)22/h11H,6-10H2,1-5H3,(H,19,22)(H2,16,17,18). The Balaban J connectivity index is 2.52. The summed E-state index contributed by atoms with van der Waals surface area (Å²) in [6.07, 6.45) is 0.00361. The molecule has 132 valence electrons. The third-order valence-corrected chi connectivity index (χ3v) is 3.57. The number of urea groups is 1. The zero-order valence-electron chi connectivity index (χ0n) is 14.7. The van der Waals surface area contributed by atoms with Crippen LogP contribution in [0.25, 0.3) is 0 Å². The molecule has 1 heterocycles. The Morgan fingerprint density at radius 2 is 2.09 bits per heavy atom. The molecule has 0 aromatic carbocycles. The van der Waals surface area contributed by atoms with Crippen LogP contribution in [0.1, 0.15) is 27.7 Å². The summed E-state index contributed by atoms with van der Waals surface area (Å²) in [5.74, 6) is 0.441. The van der Waals surface area contributed by atoms with Gasteiger partial charge in [-0.2, -0.15) is 0 Å². The van der Waals surface area contributed by atoms with Gasteiger partial charge in [0.1, 0.15) is 0 Å². The van der Waals surface area contributed by atoms with Crippen molar-refractivity contribution in [3.05, 3.63) is 0 Å². The molecular weight excluding hydrogens is 298 g/mol. The predicted octanol–water partition coefficient (Wildman–Crippen LogP) is 0.154. The van der Waals surface area contributed by atoms with Gasteiger partial charge in [0, 0.05) is 26.7 Å². The number of ether oxygens (including phenoxy) is 1. The van der Waals surface area contributed by atoms with Crippen molar-refractivity contribution in [3.63, 3.8) is 0 Å². The molecule has 1 aliphatic rings. The van der Waals surface area contributed by atoms with E-state index in [9.17, 15) is 9.59 Å². The van der Waals surface area contributed by atoms with E-state index < -0.39 is 0 Å². The summed E-state index contributed by atoms with van der Waals surface area (Å²) in [6, 6.07) is -0.342.